The fourth-order valence-corrected chi connectivity index (χ4v) is 1.47. The van der Waals surface area contributed by atoms with Crippen LogP contribution in [0.15, 0.2) is 0 Å². The molecule has 0 aromatic heterocycles. The molecule has 4 heteroatoms. The molecule has 1 amide bonds. The quantitative estimate of drug-likeness (QED) is 0.629. The van der Waals surface area contributed by atoms with Crippen LogP contribution in [0.3, 0.4) is 0 Å². The zero-order valence-corrected chi connectivity index (χ0v) is 9.67. The summed E-state index contributed by atoms with van der Waals surface area (Å²) in [6.07, 6.45) is 2.72. The van der Waals surface area contributed by atoms with E-state index < -0.39 is 5.91 Å². The zero-order valence-electron chi connectivity index (χ0n) is 9.67. The molecule has 0 aromatic carbocycles. The highest BCUT2D eigenvalue weighted by molar-refractivity contribution is 6.38. The number of hydrogen-bond donors (Lipinski definition) is 2. The van der Waals surface area contributed by atoms with Gasteiger partial charge in [-0.05, 0) is 32.2 Å². The van der Waals surface area contributed by atoms with Gasteiger partial charge in [0.2, 0.25) is 5.78 Å². The molecule has 0 radical (unpaired) electrons. The average Bonchev–Trinajstić information content (AvgIpc) is 2.96. The third-order valence-electron chi connectivity index (χ3n) is 2.51. The first-order chi connectivity index (χ1) is 7.04. The number of rotatable bonds is 6. The van der Waals surface area contributed by atoms with Crippen molar-refractivity contribution >= 4 is 11.7 Å². The van der Waals surface area contributed by atoms with Crippen LogP contribution in [0.5, 0.6) is 0 Å². The number of carbonyl (C=O) groups excluding carboxylic acids is 2. The lowest BCUT2D eigenvalue weighted by molar-refractivity contribution is -0.139. The van der Waals surface area contributed by atoms with Crippen molar-refractivity contribution in [3.8, 4) is 0 Å². The third kappa shape index (κ3) is 4.00. The fourth-order valence-electron chi connectivity index (χ4n) is 1.47. The van der Waals surface area contributed by atoms with E-state index in [1.54, 1.807) is 7.05 Å². The number of ketones is 1. The van der Waals surface area contributed by atoms with Crippen LogP contribution >= 0.6 is 0 Å². The van der Waals surface area contributed by atoms with Crippen molar-refractivity contribution in [2.45, 2.75) is 45.2 Å². The van der Waals surface area contributed by atoms with Crippen LogP contribution in [0.25, 0.3) is 0 Å². The fraction of sp³-hybridized carbons (Fsp3) is 0.818. The molecular weight excluding hydrogens is 192 g/mol. The topological polar surface area (TPSA) is 58.2 Å². The molecule has 0 bridgehead atoms. The number of carbonyl (C=O) groups is 2. The monoisotopic (exact) mass is 212 g/mol. The summed E-state index contributed by atoms with van der Waals surface area (Å²) >= 11 is 0. The summed E-state index contributed by atoms with van der Waals surface area (Å²) < 4.78 is 0. The first-order valence-corrected chi connectivity index (χ1v) is 5.56. The lowest BCUT2D eigenvalue weighted by Crippen LogP contribution is -2.45. The minimum atomic E-state index is -0.433. The molecule has 0 aliphatic heterocycles. The van der Waals surface area contributed by atoms with Gasteiger partial charge < -0.3 is 10.6 Å². The predicted octanol–water partition coefficient (Wildman–Crippen LogP) is 0.468. The molecule has 1 aliphatic carbocycles. The van der Waals surface area contributed by atoms with Crippen molar-refractivity contribution in [2.75, 3.05) is 7.05 Å². The number of likely N-dealkylation sites (N-methyl/N-ethyl adjacent to an activating group) is 1. The van der Waals surface area contributed by atoms with Gasteiger partial charge in [0.15, 0.2) is 0 Å². The van der Waals surface area contributed by atoms with Crippen molar-refractivity contribution in [3.05, 3.63) is 0 Å². The van der Waals surface area contributed by atoms with Crippen molar-refractivity contribution in [3.63, 3.8) is 0 Å². The van der Waals surface area contributed by atoms with Crippen molar-refractivity contribution in [1.29, 1.82) is 0 Å². The highest BCUT2D eigenvalue weighted by atomic mass is 16.2. The van der Waals surface area contributed by atoms with E-state index in [1.807, 2.05) is 13.8 Å². The van der Waals surface area contributed by atoms with Crippen LogP contribution in [-0.2, 0) is 9.59 Å². The second-order valence-corrected chi connectivity index (χ2v) is 4.58. The smallest absolute Gasteiger partial charge is 0.289 e. The van der Waals surface area contributed by atoms with Gasteiger partial charge in [-0.1, -0.05) is 13.8 Å². The second kappa shape index (κ2) is 5.26. The Morgan fingerprint density at radius 3 is 2.33 bits per heavy atom. The maximum Gasteiger partial charge on any atom is 0.289 e. The van der Waals surface area contributed by atoms with Gasteiger partial charge in [-0.25, -0.2) is 0 Å². The van der Waals surface area contributed by atoms with Gasteiger partial charge in [-0.15, -0.1) is 0 Å². The van der Waals surface area contributed by atoms with Gasteiger partial charge in [0, 0.05) is 6.04 Å². The number of amides is 1. The number of Topliss-reactive ketones (excluding diaryl/α,β-unsaturated/α-hetero) is 1. The Morgan fingerprint density at radius 2 is 1.93 bits per heavy atom. The Bertz CT molecular complexity index is 247. The van der Waals surface area contributed by atoms with E-state index in [2.05, 4.69) is 10.6 Å². The van der Waals surface area contributed by atoms with Crippen LogP contribution in [0, 0.1) is 5.92 Å². The second-order valence-electron chi connectivity index (χ2n) is 4.58. The highest BCUT2D eigenvalue weighted by Gasteiger charge is 2.30. The molecule has 4 nitrogen and oxygen atoms in total. The molecule has 0 aromatic rings. The van der Waals surface area contributed by atoms with Gasteiger partial charge in [-0.2, -0.15) is 0 Å². The normalized spacial score (nSPS) is 17.6. The van der Waals surface area contributed by atoms with Gasteiger partial charge in [0.05, 0.1) is 6.04 Å². The molecule has 1 fully saturated rings. The van der Waals surface area contributed by atoms with E-state index >= 15 is 0 Å². The minimum Gasteiger partial charge on any atom is -0.347 e. The summed E-state index contributed by atoms with van der Waals surface area (Å²) in [6.45, 7) is 4.08. The van der Waals surface area contributed by atoms with Crippen molar-refractivity contribution in [2.24, 2.45) is 5.92 Å². The van der Waals surface area contributed by atoms with E-state index in [-0.39, 0.29) is 17.9 Å². The Hall–Kier alpha value is -0.900. The number of hydrogen-bond acceptors (Lipinski definition) is 3. The molecule has 86 valence electrons. The number of nitrogens with one attached hydrogen (secondary N) is 2. The third-order valence-corrected chi connectivity index (χ3v) is 2.51. The Labute approximate surface area is 90.8 Å². The van der Waals surface area contributed by atoms with Crippen LogP contribution < -0.4 is 10.6 Å². The maximum atomic E-state index is 11.7. The predicted molar refractivity (Wildman–Crippen MR) is 58.5 cm³/mol. The summed E-state index contributed by atoms with van der Waals surface area (Å²) in [7, 11) is 1.72. The molecule has 1 rings (SSSR count). The molecule has 1 unspecified atom stereocenters. The van der Waals surface area contributed by atoms with Gasteiger partial charge in [0.25, 0.3) is 5.91 Å². The summed E-state index contributed by atoms with van der Waals surface area (Å²) in [4.78, 5) is 23.2. The maximum absolute atomic E-state index is 11.7. The summed E-state index contributed by atoms with van der Waals surface area (Å²) in [5.41, 5.74) is 0. The Morgan fingerprint density at radius 1 is 1.33 bits per heavy atom. The lowest BCUT2D eigenvalue weighted by Gasteiger charge is -2.16. The summed E-state index contributed by atoms with van der Waals surface area (Å²) in [5, 5.41) is 5.61. The van der Waals surface area contributed by atoms with Crippen LogP contribution in [0.4, 0.5) is 0 Å². The molecular formula is C11H20N2O2. The molecule has 2 N–H and O–H groups in total. The lowest BCUT2D eigenvalue weighted by atomic mass is 10.00. The average molecular weight is 212 g/mol. The van der Waals surface area contributed by atoms with E-state index in [0.29, 0.717) is 12.3 Å². The molecule has 0 spiro atoms. The van der Waals surface area contributed by atoms with Gasteiger partial charge >= 0.3 is 0 Å². The van der Waals surface area contributed by atoms with E-state index in [1.165, 1.54) is 0 Å². The molecule has 1 saturated carbocycles. The first kappa shape index (κ1) is 12.2. The van der Waals surface area contributed by atoms with E-state index in [0.717, 1.165) is 12.8 Å². The van der Waals surface area contributed by atoms with Gasteiger partial charge in [0.1, 0.15) is 0 Å². The van der Waals surface area contributed by atoms with Crippen molar-refractivity contribution in [1.82, 2.24) is 10.6 Å². The molecule has 1 aliphatic rings. The highest BCUT2D eigenvalue weighted by Crippen LogP contribution is 2.18. The van der Waals surface area contributed by atoms with E-state index in [4.69, 9.17) is 0 Å². The van der Waals surface area contributed by atoms with Crippen LogP contribution in [-0.4, -0.2) is 30.8 Å². The van der Waals surface area contributed by atoms with Gasteiger partial charge in [-0.3, -0.25) is 9.59 Å². The largest absolute Gasteiger partial charge is 0.347 e. The van der Waals surface area contributed by atoms with Crippen molar-refractivity contribution < 1.29 is 9.59 Å². The molecule has 15 heavy (non-hydrogen) atoms. The Balaban J connectivity index is 2.43. The SMILES string of the molecule is CNC(CC(C)C)C(=O)C(=O)NC1CC1. The minimum absolute atomic E-state index is 0.248. The first-order valence-electron chi connectivity index (χ1n) is 5.56. The van der Waals surface area contributed by atoms with Crippen LogP contribution in [0.2, 0.25) is 0 Å². The summed E-state index contributed by atoms with van der Waals surface area (Å²) in [6, 6.07) is -0.0956. The zero-order chi connectivity index (χ0) is 11.4. The van der Waals surface area contributed by atoms with Crippen LogP contribution in [0.1, 0.15) is 33.1 Å². The molecule has 0 saturated heterocycles. The van der Waals surface area contributed by atoms with E-state index in [9.17, 15) is 9.59 Å². The standard InChI is InChI=1S/C11H20N2O2/c1-7(2)6-9(12-3)10(14)11(15)13-8-4-5-8/h7-9,12H,4-6H2,1-3H3,(H,13,15). The molecule has 1 atom stereocenters. The summed E-state index contributed by atoms with van der Waals surface area (Å²) in [5.74, 6) is -0.365. The molecule has 0 heterocycles. The Kier molecular flexibility index (Phi) is 4.27.